The van der Waals surface area contributed by atoms with Gasteiger partial charge in [0.15, 0.2) is 0 Å². The highest BCUT2D eigenvalue weighted by Gasteiger charge is 2.33. The van der Waals surface area contributed by atoms with Gasteiger partial charge in [0.1, 0.15) is 0 Å². The van der Waals surface area contributed by atoms with Crippen molar-refractivity contribution in [3.05, 3.63) is 28.2 Å². The molecule has 20 heavy (non-hydrogen) atoms. The number of sulfonamides is 1. The minimum absolute atomic E-state index is 0.131. The van der Waals surface area contributed by atoms with Crippen molar-refractivity contribution in [2.45, 2.75) is 37.6 Å². The highest BCUT2D eigenvalue weighted by molar-refractivity contribution is 9.10. The first-order valence-electron chi connectivity index (χ1n) is 6.39. The van der Waals surface area contributed by atoms with E-state index in [2.05, 4.69) is 15.9 Å². The third kappa shape index (κ3) is 3.23. The normalized spacial score (nSPS) is 24.8. The Kier molecular flexibility index (Phi) is 4.86. The van der Waals surface area contributed by atoms with Gasteiger partial charge in [-0.2, -0.15) is 4.31 Å². The monoisotopic (exact) mass is 363 g/mol. The van der Waals surface area contributed by atoms with Gasteiger partial charge in [0.05, 0.1) is 23.7 Å². The van der Waals surface area contributed by atoms with Gasteiger partial charge < -0.3 is 9.84 Å². The van der Waals surface area contributed by atoms with Gasteiger partial charge in [-0.1, -0.05) is 6.07 Å². The lowest BCUT2D eigenvalue weighted by Gasteiger charge is -2.34. The second-order valence-electron chi connectivity index (χ2n) is 5.00. The zero-order valence-electron chi connectivity index (χ0n) is 11.4. The first-order chi connectivity index (χ1) is 9.34. The van der Waals surface area contributed by atoms with Crippen LogP contribution in [-0.2, 0) is 21.4 Å². The quantitative estimate of drug-likeness (QED) is 0.887. The summed E-state index contributed by atoms with van der Waals surface area (Å²) < 4.78 is 33.0. The summed E-state index contributed by atoms with van der Waals surface area (Å²) in [4.78, 5) is 0.186. The second-order valence-corrected chi connectivity index (χ2v) is 7.76. The number of rotatable bonds is 3. The Balaban J connectivity index is 2.39. The summed E-state index contributed by atoms with van der Waals surface area (Å²) in [6, 6.07) is 4.84. The van der Waals surface area contributed by atoms with Crippen LogP contribution >= 0.6 is 15.9 Å². The van der Waals surface area contributed by atoms with E-state index in [1.165, 1.54) is 10.4 Å². The molecule has 1 saturated heterocycles. The summed E-state index contributed by atoms with van der Waals surface area (Å²) in [5.41, 5.74) is 0.570. The molecule has 7 heteroatoms. The Hall–Kier alpha value is -0.470. The lowest BCUT2D eigenvalue weighted by atomic mass is 10.2. The molecule has 1 aliphatic rings. The van der Waals surface area contributed by atoms with Gasteiger partial charge in [0, 0.05) is 17.6 Å². The molecule has 0 spiro atoms. The molecular weight excluding hydrogens is 346 g/mol. The number of ether oxygens (including phenoxy) is 1. The van der Waals surface area contributed by atoms with Crippen molar-refractivity contribution in [2.75, 3.05) is 13.1 Å². The van der Waals surface area contributed by atoms with Crippen molar-refractivity contribution >= 4 is 26.0 Å². The third-order valence-corrected chi connectivity index (χ3v) is 6.01. The lowest BCUT2D eigenvalue weighted by molar-refractivity contribution is -0.0441. The van der Waals surface area contributed by atoms with E-state index in [1.807, 2.05) is 13.8 Å². The number of aliphatic hydroxyl groups is 1. The van der Waals surface area contributed by atoms with E-state index >= 15 is 0 Å². The molecule has 0 amide bonds. The van der Waals surface area contributed by atoms with Gasteiger partial charge in [-0.15, -0.1) is 0 Å². The van der Waals surface area contributed by atoms with Crippen LogP contribution in [0.3, 0.4) is 0 Å². The Bertz CT molecular complexity index is 580. The largest absolute Gasteiger partial charge is 0.392 e. The maximum absolute atomic E-state index is 12.7. The lowest BCUT2D eigenvalue weighted by Crippen LogP contribution is -2.48. The first kappa shape index (κ1) is 15.9. The Labute approximate surface area is 127 Å². The van der Waals surface area contributed by atoms with Crippen molar-refractivity contribution in [2.24, 2.45) is 0 Å². The summed E-state index contributed by atoms with van der Waals surface area (Å²) in [6.07, 6.45) is -0.262. The van der Waals surface area contributed by atoms with E-state index in [1.54, 1.807) is 12.1 Å². The molecule has 0 aromatic heterocycles. The number of morpholine rings is 1. The van der Waals surface area contributed by atoms with Crippen molar-refractivity contribution in [1.82, 2.24) is 4.31 Å². The number of benzene rings is 1. The Morgan fingerprint density at radius 2 is 1.95 bits per heavy atom. The van der Waals surface area contributed by atoms with Crippen LogP contribution in [0.1, 0.15) is 19.4 Å². The molecule has 1 heterocycles. The fourth-order valence-corrected chi connectivity index (χ4v) is 4.88. The standard InChI is InChI=1S/C13H18BrNO4S/c1-9-6-15(7-10(2)19-9)20(17,18)13-5-11(8-16)3-4-12(13)14/h3-5,9-10,16H,6-8H2,1-2H3/t9-,10+. The van der Waals surface area contributed by atoms with Crippen molar-refractivity contribution in [3.63, 3.8) is 0 Å². The van der Waals surface area contributed by atoms with Crippen LogP contribution in [0.4, 0.5) is 0 Å². The number of nitrogens with zero attached hydrogens (tertiary/aromatic N) is 1. The molecule has 112 valence electrons. The van der Waals surface area contributed by atoms with Gasteiger partial charge >= 0.3 is 0 Å². The van der Waals surface area contributed by atoms with Crippen LogP contribution in [0.5, 0.6) is 0 Å². The molecule has 0 radical (unpaired) electrons. The van der Waals surface area contributed by atoms with Crippen molar-refractivity contribution in [1.29, 1.82) is 0 Å². The molecule has 5 nitrogen and oxygen atoms in total. The number of hydrogen-bond donors (Lipinski definition) is 1. The molecule has 0 saturated carbocycles. The average molecular weight is 364 g/mol. The highest BCUT2D eigenvalue weighted by Crippen LogP contribution is 2.28. The van der Waals surface area contributed by atoms with E-state index < -0.39 is 10.0 Å². The van der Waals surface area contributed by atoms with Gasteiger partial charge in [0.2, 0.25) is 10.0 Å². The van der Waals surface area contributed by atoms with Crippen LogP contribution in [0.25, 0.3) is 0 Å². The van der Waals surface area contributed by atoms with Crippen molar-refractivity contribution < 1.29 is 18.3 Å². The summed E-state index contributed by atoms with van der Waals surface area (Å²) in [5.74, 6) is 0. The Morgan fingerprint density at radius 3 is 2.50 bits per heavy atom. The van der Waals surface area contributed by atoms with Gasteiger partial charge in [0.25, 0.3) is 0 Å². The zero-order chi connectivity index (χ0) is 14.9. The predicted octanol–water partition coefficient (Wildman–Crippen LogP) is 1.74. The molecule has 1 aromatic carbocycles. The van der Waals surface area contributed by atoms with E-state index in [0.29, 0.717) is 23.1 Å². The molecule has 2 rings (SSSR count). The number of halogens is 1. The van der Waals surface area contributed by atoms with Crippen molar-refractivity contribution in [3.8, 4) is 0 Å². The first-order valence-corrected chi connectivity index (χ1v) is 8.62. The fraction of sp³-hybridized carbons (Fsp3) is 0.538. The van der Waals surface area contributed by atoms with Crippen LogP contribution in [-0.4, -0.2) is 43.1 Å². The minimum Gasteiger partial charge on any atom is -0.392 e. The van der Waals surface area contributed by atoms with Crippen LogP contribution in [0.2, 0.25) is 0 Å². The number of aliphatic hydroxyl groups excluding tert-OH is 1. The number of hydrogen-bond acceptors (Lipinski definition) is 4. The highest BCUT2D eigenvalue weighted by atomic mass is 79.9. The van der Waals surface area contributed by atoms with E-state index in [9.17, 15) is 8.42 Å². The van der Waals surface area contributed by atoms with Crippen LogP contribution in [0, 0.1) is 0 Å². The van der Waals surface area contributed by atoms with Gasteiger partial charge in [-0.3, -0.25) is 0 Å². The predicted molar refractivity (Wildman–Crippen MR) is 78.8 cm³/mol. The average Bonchev–Trinajstić information content (AvgIpc) is 2.38. The summed E-state index contributed by atoms with van der Waals surface area (Å²) in [5, 5.41) is 9.17. The molecular formula is C13H18BrNO4S. The molecule has 1 fully saturated rings. The summed E-state index contributed by atoms with van der Waals surface area (Å²) in [7, 11) is -3.60. The smallest absolute Gasteiger partial charge is 0.244 e. The molecule has 0 unspecified atom stereocenters. The Morgan fingerprint density at radius 1 is 1.35 bits per heavy atom. The zero-order valence-corrected chi connectivity index (χ0v) is 13.8. The van der Waals surface area contributed by atoms with Gasteiger partial charge in [-0.25, -0.2) is 8.42 Å². The fourth-order valence-electron chi connectivity index (χ4n) is 2.31. The summed E-state index contributed by atoms with van der Waals surface area (Å²) >= 11 is 3.27. The molecule has 0 aliphatic carbocycles. The SMILES string of the molecule is C[C@@H]1CN(S(=O)(=O)c2cc(CO)ccc2Br)C[C@H](C)O1. The maximum atomic E-state index is 12.7. The van der Waals surface area contributed by atoms with Crippen LogP contribution < -0.4 is 0 Å². The molecule has 1 aliphatic heterocycles. The maximum Gasteiger partial charge on any atom is 0.244 e. The molecule has 0 bridgehead atoms. The molecule has 1 N–H and O–H groups in total. The minimum atomic E-state index is -3.60. The van der Waals surface area contributed by atoms with E-state index in [4.69, 9.17) is 9.84 Å². The third-order valence-electron chi connectivity index (χ3n) is 3.18. The van der Waals surface area contributed by atoms with Gasteiger partial charge in [-0.05, 0) is 47.5 Å². The van der Waals surface area contributed by atoms with E-state index in [0.717, 1.165) is 0 Å². The summed E-state index contributed by atoms with van der Waals surface area (Å²) in [6.45, 7) is 4.20. The van der Waals surface area contributed by atoms with Crippen LogP contribution in [0.15, 0.2) is 27.6 Å². The topological polar surface area (TPSA) is 66.8 Å². The second kappa shape index (κ2) is 6.11. The molecule has 2 atom stereocenters. The molecule has 1 aromatic rings. The van der Waals surface area contributed by atoms with E-state index in [-0.39, 0.29) is 23.7 Å².